The van der Waals surface area contributed by atoms with Crippen LogP contribution in [0.4, 0.5) is 5.82 Å². The largest absolute Gasteiger partial charge is 0.363 e. The number of hydrogen-bond donors (Lipinski definition) is 1. The number of rotatable bonds is 6. The van der Waals surface area contributed by atoms with Crippen LogP contribution in [0.5, 0.6) is 0 Å². The van der Waals surface area contributed by atoms with Crippen LogP contribution in [0, 0.1) is 0 Å². The van der Waals surface area contributed by atoms with Crippen molar-refractivity contribution in [3.63, 3.8) is 0 Å². The summed E-state index contributed by atoms with van der Waals surface area (Å²) in [5.74, 6) is 2.25. The minimum Gasteiger partial charge on any atom is -0.363 e. The third-order valence-corrected chi connectivity index (χ3v) is 4.31. The van der Waals surface area contributed by atoms with Crippen LogP contribution < -0.4 is 10.2 Å². The SMILES string of the molecule is CN(C)c1cc(CNC(=O)c2cc(C3CC3)on2)nc(-c2cccnc2)n1. The molecular weight excluding hydrogens is 344 g/mol. The van der Waals surface area contributed by atoms with Crippen molar-refractivity contribution >= 4 is 11.7 Å². The van der Waals surface area contributed by atoms with Crippen molar-refractivity contribution in [3.8, 4) is 11.4 Å². The Kier molecular flexibility index (Phi) is 4.53. The van der Waals surface area contributed by atoms with Gasteiger partial charge in [-0.25, -0.2) is 9.97 Å². The first-order valence-corrected chi connectivity index (χ1v) is 8.80. The van der Waals surface area contributed by atoms with Crippen LogP contribution in [0.3, 0.4) is 0 Å². The number of amides is 1. The fourth-order valence-electron chi connectivity index (χ4n) is 2.64. The number of nitrogens with one attached hydrogen (secondary N) is 1. The summed E-state index contributed by atoms with van der Waals surface area (Å²) in [5, 5.41) is 6.71. The second kappa shape index (κ2) is 7.14. The van der Waals surface area contributed by atoms with Gasteiger partial charge in [0, 0.05) is 50.1 Å². The average Bonchev–Trinajstić information content (AvgIpc) is 3.43. The highest BCUT2D eigenvalue weighted by molar-refractivity contribution is 5.92. The van der Waals surface area contributed by atoms with E-state index in [-0.39, 0.29) is 12.5 Å². The molecule has 3 aromatic heterocycles. The summed E-state index contributed by atoms with van der Waals surface area (Å²) in [4.78, 5) is 27.5. The Morgan fingerprint density at radius 3 is 2.85 bits per heavy atom. The van der Waals surface area contributed by atoms with Crippen LogP contribution in [-0.2, 0) is 6.54 Å². The van der Waals surface area contributed by atoms with E-state index in [1.54, 1.807) is 18.5 Å². The lowest BCUT2D eigenvalue weighted by Crippen LogP contribution is -2.24. The molecule has 27 heavy (non-hydrogen) atoms. The Labute approximate surface area is 156 Å². The third kappa shape index (κ3) is 3.94. The van der Waals surface area contributed by atoms with E-state index >= 15 is 0 Å². The number of nitrogens with zero attached hydrogens (tertiary/aromatic N) is 5. The molecule has 0 spiro atoms. The highest BCUT2D eigenvalue weighted by Crippen LogP contribution is 2.40. The quantitative estimate of drug-likeness (QED) is 0.717. The van der Waals surface area contributed by atoms with Crippen molar-refractivity contribution < 1.29 is 9.32 Å². The zero-order valence-corrected chi connectivity index (χ0v) is 15.2. The van der Waals surface area contributed by atoms with Crippen molar-refractivity contribution in [2.24, 2.45) is 0 Å². The van der Waals surface area contributed by atoms with Crippen LogP contribution in [0.1, 0.15) is 40.7 Å². The number of anilines is 1. The summed E-state index contributed by atoms with van der Waals surface area (Å²) in [6.07, 6.45) is 5.61. The molecule has 1 fully saturated rings. The van der Waals surface area contributed by atoms with Gasteiger partial charge in [-0.05, 0) is 25.0 Å². The maximum Gasteiger partial charge on any atom is 0.273 e. The average molecular weight is 364 g/mol. The molecule has 1 aliphatic rings. The first-order chi connectivity index (χ1) is 13.1. The molecule has 8 heteroatoms. The molecule has 138 valence electrons. The summed E-state index contributed by atoms with van der Waals surface area (Å²) < 4.78 is 5.24. The Hall–Kier alpha value is -3.29. The van der Waals surface area contributed by atoms with E-state index in [1.807, 2.05) is 37.2 Å². The molecule has 0 aromatic carbocycles. The van der Waals surface area contributed by atoms with Gasteiger partial charge in [0.1, 0.15) is 11.6 Å². The van der Waals surface area contributed by atoms with E-state index in [9.17, 15) is 4.79 Å². The molecule has 0 radical (unpaired) electrons. The van der Waals surface area contributed by atoms with Gasteiger partial charge in [-0.2, -0.15) is 0 Å². The summed E-state index contributed by atoms with van der Waals surface area (Å²) in [5.41, 5.74) is 1.82. The van der Waals surface area contributed by atoms with Gasteiger partial charge < -0.3 is 14.7 Å². The summed E-state index contributed by atoms with van der Waals surface area (Å²) >= 11 is 0. The van der Waals surface area contributed by atoms with Gasteiger partial charge in [-0.15, -0.1) is 0 Å². The van der Waals surface area contributed by atoms with Crippen molar-refractivity contribution in [2.75, 3.05) is 19.0 Å². The Bertz CT molecular complexity index is 950. The molecule has 8 nitrogen and oxygen atoms in total. The first-order valence-electron chi connectivity index (χ1n) is 8.80. The second-order valence-corrected chi connectivity index (χ2v) is 6.75. The van der Waals surface area contributed by atoms with Crippen LogP contribution in [0.15, 0.2) is 41.2 Å². The van der Waals surface area contributed by atoms with Crippen molar-refractivity contribution in [1.29, 1.82) is 0 Å². The molecule has 1 N–H and O–H groups in total. The lowest BCUT2D eigenvalue weighted by molar-refractivity contribution is 0.0941. The van der Waals surface area contributed by atoms with E-state index in [2.05, 4.69) is 25.4 Å². The lowest BCUT2D eigenvalue weighted by Gasteiger charge is -2.14. The first kappa shape index (κ1) is 17.1. The van der Waals surface area contributed by atoms with Gasteiger partial charge in [-0.1, -0.05) is 5.16 Å². The predicted octanol–water partition coefficient (Wildman–Crippen LogP) is 2.40. The maximum absolute atomic E-state index is 12.4. The summed E-state index contributed by atoms with van der Waals surface area (Å²) in [7, 11) is 3.82. The van der Waals surface area contributed by atoms with E-state index in [0.29, 0.717) is 23.1 Å². The molecule has 0 saturated heterocycles. The number of hydrogen-bond acceptors (Lipinski definition) is 7. The van der Waals surface area contributed by atoms with Crippen LogP contribution in [0.25, 0.3) is 11.4 Å². The molecule has 1 amide bonds. The fraction of sp³-hybridized carbons (Fsp3) is 0.316. The number of pyridine rings is 1. The van der Waals surface area contributed by atoms with E-state index in [1.165, 1.54) is 0 Å². The minimum absolute atomic E-state index is 0.265. The molecule has 4 rings (SSSR count). The van der Waals surface area contributed by atoms with Crippen LogP contribution >= 0.6 is 0 Å². The maximum atomic E-state index is 12.4. The van der Waals surface area contributed by atoms with Crippen LogP contribution in [-0.4, -0.2) is 40.1 Å². The molecule has 1 saturated carbocycles. The molecule has 0 aliphatic heterocycles. The highest BCUT2D eigenvalue weighted by atomic mass is 16.5. The Morgan fingerprint density at radius 1 is 1.30 bits per heavy atom. The zero-order valence-electron chi connectivity index (χ0n) is 15.2. The van der Waals surface area contributed by atoms with Gasteiger partial charge in [0.2, 0.25) is 0 Å². The van der Waals surface area contributed by atoms with Crippen molar-refractivity contribution in [1.82, 2.24) is 25.4 Å². The number of carbonyl (C=O) groups excluding carboxylic acids is 1. The summed E-state index contributed by atoms with van der Waals surface area (Å²) in [6, 6.07) is 7.31. The highest BCUT2D eigenvalue weighted by Gasteiger charge is 2.28. The van der Waals surface area contributed by atoms with Gasteiger partial charge in [0.15, 0.2) is 11.5 Å². The number of carbonyl (C=O) groups is 1. The lowest BCUT2D eigenvalue weighted by atomic mass is 10.2. The molecule has 3 aromatic rings. The molecule has 3 heterocycles. The Balaban J connectivity index is 1.51. The van der Waals surface area contributed by atoms with Gasteiger partial charge in [0.05, 0.1) is 12.2 Å². The normalized spacial score (nSPS) is 13.4. The smallest absolute Gasteiger partial charge is 0.273 e. The molecule has 0 atom stereocenters. The van der Waals surface area contributed by atoms with Crippen molar-refractivity contribution in [2.45, 2.75) is 25.3 Å². The minimum atomic E-state index is -0.279. The standard InChI is InChI=1S/C19H20N6O2/c1-25(2)17-8-14(22-18(23-17)13-4-3-7-20-10-13)11-21-19(26)15-9-16(27-24-15)12-5-6-12/h3-4,7-10,12H,5-6,11H2,1-2H3,(H,21,26). The van der Waals surface area contributed by atoms with E-state index in [4.69, 9.17) is 4.52 Å². The predicted molar refractivity (Wildman–Crippen MR) is 99.2 cm³/mol. The van der Waals surface area contributed by atoms with Crippen molar-refractivity contribution in [3.05, 3.63) is 53.8 Å². The van der Waals surface area contributed by atoms with Gasteiger partial charge in [0.25, 0.3) is 5.91 Å². The van der Waals surface area contributed by atoms with Gasteiger partial charge >= 0.3 is 0 Å². The molecular formula is C19H20N6O2. The Morgan fingerprint density at radius 2 is 2.15 bits per heavy atom. The molecule has 0 unspecified atom stereocenters. The second-order valence-electron chi connectivity index (χ2n) is 6.75. The van der Waals surface area contributed by atoms with E-state index in [0.717, 1.165) is 30.0 Å². The molecule has 0 bridgehead atoms. The van der Waals surface area contributed by atoms with Crippen LogP contribution in [0.2, 0.25) is 0 Å². The third-order valence-electron chi connectivity index (χ3n) is 4.31. The monoisotopic (exact) mass is 364 g/mol. The number of aromatic nitrogens is 4. The van der Waals surface area contributed by atoms with E-state index < -0.39 is 0 Å². The topological polar surface area (TPSA) is 97.0 Å². The van der Waals surface area contributed by atoms with Gasteiger partial charge in [-0.3, -0.25) is 9.78 Å². The zero-order chi connectivity index (χ0) is 18.8. The fourth-order valence-corrected chi connectivity index (χ4v) is 2.64. The molecule has 1 aliphatic carbocycles. The summed E-state index contributed by atoms with van der Waals surface area (Å²) in [6.45, 7) is 0.265.